The van der Waals surface area contributed by atoms with E-state index in [4.69, 9.17) is 0 Å². The van der Waals surface area contributed by atoms with E-state index in [0.29, 0.717) is 0 Å². The fourth-order valence-electron chi connectivity index (χ4n) is 2.11. The van der Waals surface area contributed by atoms with Crippen molar-refractivity contribution in [1.29, 1.82) is 0 Å². The minimum Gasteiger partial charge on any atom is -0.325 e. The second-order valence-corrected chi connectivity index (χ2v) is 4.44. The number of benzene rings is 1. The van der Waals surface area contributed by atoms with Crippen molar-refractivity contribution in [2.75, 3.05) is 11.9 Å². The first-order valence-corrected chi connectivity index (χ1v) is 6.20. The number of tetrazole rings is 1. The molecule has 7 nitrogen and oxygen atoms in total. The monoisotopic (exact) mass is 258 g/mol. The minimum absolute atomic E-state index is 0.0210. The predicted molar refractivity (Wildman–Crippen MR) is 68.8 cm³/mol. The Balaban J connectivity index is 1.67. The summed E-state index contributed by atoms with van der Waals surface area (Å²) < 4.78 is 1.56. The SMILES string of the molecule is O=C(Nc1ccc(-n2cnnn2)cc1)[C@H]1CCCN1. The van der Waals surface area contributed by atoms with Crippen LogP contribution in [0, 0.1) is 0 Å². The normalized spacial score (nSPS) is 18.4. The number of nitrogens with one attached hydrogen (secondary N) is 2. The lowest BCUT2D eigenvalue weighted by Crippen LogP contribution is -2.35. The van der Waals surface area contributed by atoms with E-state index >= 15 is 0 Å². The third-order valence-electron chi connectivity index (χ3n) is 3.13. The molecule has 1 fully saturated rings. The standard InChI is InChI=1S/C12H14N6O/c19-12(11-2-1-7-13-11)15-9-3-5-10(6-4-9)18-8-14-16-17-18/h3-6,8,11,13H,1-2,7H2,(H,15,19)/t11-/m1/s1. The van der Waals surface area contributed by atoms with Crippen LogP contribution in [0.15, 0.2) is 30.6 Å². The van der Waals surface area contributed by atoms with E-state index in [-0.39, 0.29) is 11.9 Å². The van der Waals surface area contributed by atoms with Gasteiger partial charge in [-0.2, -0.15) is 0 Å². The number of hydrogen-bond donors (Lipinski definition) is 2. The van der Waals surface area contributed by atoms with E-state index in [2.05, 4.69) is 26.2 Å². The van der Waals surface area contributed by atoms with Crippen LogP contribution in [0.25, 0.3) is 5.69 Å². The Kier molecular flexibility index (Phi) is 3.20. The zero-order valence-corrected chi connectivity index (χ0v) is 10.3. The zero-order chi connectivity index (χ0) is 13.1. The number of amides is 1. The van der Waals surface area contributed by atoms with E-state index in [9.17, 15) is 4.79 Å². The third-order valence-corrected chi connectivity index (χ3v) is 3.13. The quantitative estimate of drug-likeness (QED) is 0.830. The highest BCUT2D eigenvalue weighted by molar-refractivity contribution is 5.95. The fourth-order valence-corrected chi connectivity index (χ4v) is 2.11. The molecule has 1 atom stereocenters. The van der Waals surface area contributed by atoms with Gasteiger partial charge in [-0.15, -0.1) is 5.10 Å². The molecule has 1 amide bonds. The molecule has 0 spiro atoms. The smallest absolute Gasteiger partial charge is 0.241 e. The molecule has 1 saturated heterocycles. The number of rotatable bonds is 3. The van der Waals surface area contributed by atoms with E-state index in [0.717, 1.165) is 30.8 Å². The predicted octanol–water partition coefficient (Wildman–Crippen LogP) is 0.353. The summed E-state index contributed by atoms with van der Waals surface area (Å²) in [6, 6.07) is 7.31. The summed E-state index contributed by atoms with van der Waals surface area (Å²) in [5, 5.41) is 17.0. The van der Waals surface area contributed by atoms with Crippen molar-refractivity contribution >= 4 is 11.6 Å². The van der Waals surface area contributed by atoms with Gasteiger partial charge in [-0.3, -0.25) is 4.79 Å². The van der Waals surface area contributed by atoms with Gasteiger partial charge in [-0.05, 0) is 54.1 Å². The van der Waals surface area contributed by atoms with Crippen LogP contribution in [0.5, 0.6) is 0 Å². The number of nitrogens with zero attached hydrogens (tertiary/aromatic N) is 4. The van der Waals surface area contributed by atoms with Gasteiger partial charge in [-0.25, -0.2) is 4.68 Å². The van der Waals surface area contributed by atoms with Gasteiger partial charge in [0.2, 0.25) is 5.91 Å². The Morgan fingerprint density at radius 1 is 1.37 bits per heavy atom. The highest BCUT2D eigenvalue weighted by Crippen LogP contribution is 2.13. The summed E-state index contributed by atoms with van der Waals surface area (Å²) in [5.74, 6) is 0.0210. The Morgan fingerprint density at radius 2 is 2.21 bits per heavy atom. The minimum atomic E-state index is -0.0702. The largest absolute Gasteiger partial charge is 0.325 e. The van der Waals surface area contributed by atoms with Gasteiger partial charge in [0.1, 0.15) is 6.33 Å². The Hall–Kier alpha value is -2.28. The lowest BCUT2D eigenvalue weighted by molar-refractivity contribution is -0.117. The first kappa shape index (κ1) is 11.8. The molecule has 2 heterocycles. The van der Waals surface area contributed by atoms with Crippen molar-refractivity contribution in [3.63, 3.8) is 0 Å². The van der Waals surface area contributed by atoms with Crippen molar-refractivity contribution in [2.45, 2.75) is 18.9 Å². The molecular formula is C12H14N6O. The van der Waals surface area contributed by atoms with Gasteiger partial charge in [0, 0.05) is 5.69 Å². The second kappa shape index (κ2) is 5.15. The maximum atomic E-state index is 11.9. The number of carbonyl (C=O) groups excluding carboxylic acids is 1. The Bertz CT molecular complexity index is 544. The van der Waals surface area contributed by atoms with Gasteiger partial charge >= 0.3 is 0 Å². The lowest BCUT2D eigenvalue weighted by atomic mass is 10.2. The van der Waals surface area contributed by atoms with Crippen LogP contribution in [0.4, 0.5) is 5.69 Å². The zero-order valence-electron chi connectivity index (χ0n) is 10.3. The molecule has 98 valence electrons. The Morgan fingerprint density at radius 3 is 2.84 bits per heavy atom. The van der Waals surface area contributed by atoms with Crippen molar-refractivity contribution in [3.05, 3.63) is 30.6 Å². The number of aromatic nitrogens is 4. The third kappa shape index (κ3) is 2.60. The average molecular weight is 258 g/mol. The summed E-state index contributed by atoms with van der Waals surface area (Å²) in [5.41, 5.74) is 1.62. The highest BCUT2D eigenvalue weighted by atomic mass is 16.2. The van der Waals surface area contributed by atoms with Gasteiger partial charge < -0.3 is 10.6 Å². The number of carbonyl (C=O) groups is 1. The molecule has 0 radical (unpaired) electrons. The van der Waals surface area contributed by atoms with Crippen LogP contribution < -0.4 is 10.6 Å². The molecule has 1 aliphatic rings. The Labute approximate surface area is 110 Å². The van der Waals surface area contributed by atoms with E-state index in [1.54, 1.807) is 4.68 Å². The molecule has 2 aromatic rings. The fraction of sp³-hybridized carbons (Fsp3) is 0.333. The molecule has 1 aliphatic heterocycles. The maximum absolute atomic E-state index is 11.9. The van der Waals surface area contributed by atoms with Crippen LogP contribution in [0.1, 0.15) is 12.8 Å². The topological polar surface area (TPSA) is 84.7 Å². The van der Waals surface area contributed by atoms with E-state index < -0.39 is 0 Å². The van der Waals surface area contributed by atoms with E-state index in [1.807, 2.05) is 24.3 Å². The molecule has 0 aliphatic carbocycles. The van der Waals surface area contributed by atoms with Crippen molar-refractivity contribution in [2.24, 2.45) is 0 Å². The van der Waals surface area contributed by atoms with Crippen LogP contribution >= 0.6 is 0 Å². The maximum Gasteiger partial charge on any atom is 0.241 e. The average Bonchev–Trinajstić information content (AvgIpc) is 3.13. The molecule has 0 unspecified atom stereocenters. The molecule has 1 aromatic heterocycles. The first-order chi connectivity index (χ1) is 9.33. The molecular weight excluding hydrogens is 244 g/mol. The van der Waals surface area contributed by atoms with Crippen LogP contribution in [0.2, 0.25) is 0 Å². The number of hydrogen-bond acceptors (Lipinski definition) is 5. The molecule has 0 saturated carbocycles. The van der Waals surface area contributed by atoms with Crippen LogP contribution in [-0.4, -0.2) is 38.7 Å². The molecule has 2 N–H and O–H groups in total. The summed E-state index contributed by atoms with van der Waals surface area (Å²) in [6.07, 6.45) is 3.47. The highest BCUT2D eigenvalue weighted by Gasteiger charge is 2.21. The van der Waals surface area contributed by atoms with Gasteiger partial charge in [0.05, 0.1) is 11.7 Å². The summed E-state index contributed by atoms with van der Waals surface area (Å²) in [6.45, 7) is 0.913. The van der Waals surface area contributed by atoms with Crippen molar-refractivity contribution in [1.82, 2.24) is 25.5 Å². The molecule has 0 bridgehead atoms. The molecule has 3 rings (SSSR count). The summed E-state index contributed by atoms with van der Waals surface area (Å²) >= 11 is 0. The molecule has 7 heteroatoms. The lowest BCUT2D eigenvalue weighted by Gasteiger charge is -2.11. The van der Waals surface area contributed by atoms with Crippen molar-refractivity contribution < 1.29 is 4.79 Å². The summed E-state index contributed by atoms with van der Waals surface area (Å²) in [4.78, 5) is 11.9. The number of anilines is 1. The molecule has 19 heavy (non-hydrogen) atoms. The first-order valence-electron chi connectivity index (χ1n) is 6.20. The van der Waals surface area contributed by atoms with Crippen molar-refractivity contribution in [3.8, 4) is 5.69 Å². The van der Waals surface area contributed by atoms with Crippen LogP contribution in [0.3, 0.4) is 0 Å². The second-order valence-electron chi connectivity index (χ2n) is 4.44. The van der Waals surface area contributed by atoms with Crippen LogP contribution in [-0.2, 0) is 4.79 Å². The van der Waals surface area contributed by atoms with Gasteiger partial charge in [0.15, 0.2) is 0 Å². The van der Waals surface area contributed by atoms with E-state index in [1.165, 1.54) is 6.33 Å². The summed E-state index contributed by atoms with van der Waals surface area (Å²) in [7, 11) is 0. The molecule has 1 aromatic carbocycles. The van der Waals surface area contributed by atoms with Gasteiger partial charge in [-0.1, -0.05) is 0 Å². The van der Waals surface area contributed by atoms with Gasteiger partial charge in [0.25, 0.3) is 0 Å².